The maximum absolute atomic E-state index is 13.0. The number of ether oxygens (including phenoxy) is 1. The minimum Gasteiger partial charge on any atom is -0.497 e. The molecule has 2 aromatic carbocycles. The van der Waals surface area contributed by atoms with Crippen LogP contribution in [0.25, 0.3) is 0 Å². The van der Waals surface area contributed by atoms with E-state index in [0.29, 0.717) is 5.92 Å². The Labute approximate surface area is 185 Å². The molecular formula is C25H33ClN2O2. The zero-order valence-electron chi connectivity index (χ0n) is 18.2. The van der Waals surface area contributed by atoms with Gasteiger partial charge >= 0.3 is 0 Å². The number of amides is 1. The van der Waals surface area contributed by atoms with Gasteiger partial charge in [0.2, 0.25) is 5.91 Å². The smallest absolute Gasteiger partial charge is 0.223 e. The average molecular weight is 429 g/mol. The summed E-state index contributed by atoms with van der Waals surface area (Å²) >= 11 is 6.10. The van der Waals surface area contributed by atoms with Crippen molar-refractivity contribution in [2.75, 3.05) is 20.2 Å². The molecule has 1 aliphatic rings. The Hall–Kier alpha value is -2.04. The SMILES string of the molecule is COc1ccc(C(CC(C)C)NC(=O)C2CCN(Cc3cccc(Cl)c3)CC2)cc1. The molecule has 1 fully saturated rings. The second-order valence-corrected chi connectivity index (χ2v) is 9.08. The van der Waals surface area contributed by atoms with Crippen molar-refractivity contribution in [1.82, 2.24) is 10.2 Å². The Bertz CT molecular complexity index is 814. The van der Waals surface area contributed by atoms with Crippen LogP contribution >= 0.6 is 11.6 Å². The highest BCUT2D eigenvalue weighted by Crippen LogP contribution is 2.26. The van der Waals surface area contributed by atoms with E-state index in [-0.39, 0.29) is 17.9 Å². The summed E-state index contributed by atoms with van der Waals surface area (Å²) in [6.07, 6.45) is 2.71. The number of halogens is 1. The number of nitrogens with zero attached hydrogens (tertiary/aromatic N) is 1. The molecule has 1 amide bonds. The number of likely N-dealkylation sites (tertiary alicyclic amines) is 1. The van der Waals surface area contributed by atoms with Gasteiger partial charge in [-0.05, 0) is 73.7 Å². The van der Waals surface area contributed by atoms with Crippen molar-refractivity contribution in [3.05, 3.63) is 64.7 Å². The minimum atomic E-state index is 0.0351. The van der Waals surface area contributed by atoms with E-state index in [1.807, 2.05) is 30.3 Å². The molecule has 1 saturated heterocycles. The van der Waals surface area contributed by atoms with Gasteiger partial charge in [-0.3, -0.25) is 9.69 Å². The van der Waals surface area contributed by atoms with Crippen LogP contribution in [-0.4, -0.2) is 31.0 Å². The van der Waals surface area contributed by atoms with Crippen LogP contribution in [-0.2, 0) is 11.3 Å². The predicted molar refractivity (Wildman–Crippen MR) is 123 cm³/mol. The monoisotopic (exact) mass is 428 g/mol. The van der Waals surface area contributed by atoms with E-state index in [0.717, 1.165) is 55.2 Å². The fourth-order valence-electron chi connectivity index (χ4n) is 4.12. The second-order valence-electron chi connectivity index (χ2n) is 8.64. The standard InChI is InChI=1S/C25H33ClN2O2/c1-18(2)15-24(20-7-9-23(30-3)10-8-20)27-25(29)21-11-13-28(14-12-21)17-19-5-4-6-22(26)16-19/h4-10,16,18,21,24H,11-15,17H2,1-3H3,(H,27,29). The maximum atomic E-state index is 13.0. The molecule has 1 N–H and O–H groups in total. The van der Waals surface area contributed by atoms with Crippen LogP contribution in [0, 0.1) is 11.8 Å². The van der Waals surface area contributed by atoms with Gasteiger partial charge in [0.25, 0.3) is 0 Å². The number of hydrogen-bond donors (Lipinski definition) is 1. The van der Waals surface area contributed by atoms with E-state index in [2.05, 4.69) is 42.3 Å². The van der Waals surface area contributed by atoms with Gasteiger partial charge in [0, 0.05) is 17.5 Å². The quantitative estimate of drug-likeness (QED) is 0.606. The Morgan fingerprint density at radius 1 is 1.17 bits per heavy atom. The van der Waals surface area contributed by atoms with Crippen molar-refractivity contribution in [1.29, 1.82) is 0 Å². The van der Waals surface area contributed by atoms with Crippen LogP contribution in [0.2, 0.25) is 5.02 Å². The lowest BCUT2D eigenvalue weighted by molar-refractivity contribution is -0.127. The van der Waals surface area contributed by atoms with Gasteiger partial charge in [-0.1, -0.05) is 49.7 Å². The normalized spacial score (nSPS) is 16.4. The minimum absolute atomic E-state index is 0.0351. The van der Waals surface area contributed by atoms with E-state index in [9.17, 15) is 4.79 Å². The third-order valence-electron chi connectivity index (χ3n) is 5.80. The van der Waals surface area contributed by atoms with Gasteiger partial charge in [-0.25, -0.2) is 0 Å². The Kier molecular flexibility index (Phi) is 8.17. The summed E-state index contributed by atoms with van der Waals surface area (Å²) in [5.41, 5.74) is 2.36. The summed E-state index contributed by atoms with van der Waals surface area (Å²) in [6.45, 7) is 7.13. The van der Waals surface area contributed by atoms with Crippen molar-refractivity contribution in [3.8, 4) is 5.75 Å². The van der Waals surface area contributed by atoms with E-state index >= 15 is 0 Å². The highest BCUT2D eigenvalue weighted by molar-refractivity contribution is 6.30. The summed E-state index contributed by atoms with van der Waals surface area (Å²) in [6, 6.07) is 16.1. The molecule has 1 unspecified atom stereocenters. The number of benzene rings is 2. The molecule has 3 rings (SSSR count). The molecule has 1 heterocycles. The molecular weight excluding hydrogens is 396 g/mol. The van der Waals surface area contributed by atoms with Crippen molar-refractivity contribution < 1.29 is 9.53 Å². The summed E-state index contributed by atoms with van der Waals surface area (Å²) in [5, 5.41) is 4.10. The highest BCUT2D eigenvalue weighted by Gasteiger charge is 2.27. The van der Waals surface area contributed by atoms with Gasteiger partial charge in [0.1, 0.15) is 5.75 Å². The van der Waals surface area contributed by atoms with Crippen LogP contribution in [0.3, 0.4) is 0 Å². The first-order chi connectivity index (χ1) is 14.4. The van der Waals surface area contributed by atoms with Crippen LogP contribution < -0.4 is 10.1 Å². The zero-order valence-corrected chi connectivity index (χ0v) is 19.0. The number of carbonyl (C=O) groups excluding carboxylic acids is 1. The van der Waals surface area contributed by atoms with Crippen molar-refractivity contribution >= 4 is 17.5 Å². The maximum Gasteiger partial charge on any atom is 0.223 e. The van der Waals surface area contributed by atoms with E-state index in [4.69, 9.17) is 16.3 Å². The fourth-order valence-corrected chi connectivity index (χ4v) is 4.34. The molecule has 4 nitrogen and oxygen atoms in total. The molecule has 162 valence electrons. The van der Waals surface area contributed by atoms with Crippen LogP contribution in [0.4, 0.5) is 0 Å². The number of piperidine rings is 1. The second kappa shape index (κ2) is 10.8. The molecule has 30 heavy (non-hydrogen) atoms. The number of rotatable bonds is 8. The summed E-state index contributed by atoms with van der Waals surface area (Å²) in [7, 11) is 1.67. The first-order valence-corrected chi connectivity index (χ1v) is 11.2. The first kappa shape index (κ1) is 22.6. The van der Waals surface area contributed by atoms with Crippen LogP contribution in [0.5, 0.6) is 5.75 Å². The van der Waals surface area contributed by atoms with E-state index < -0.39 is 0 Å². The number of hydrogen-bond acceptors (Lipinski definition) is 3. The molecule has 0 bridgehead atoms. The number of methoxy groups -OCH3 is 1. The zero-order chi connectivity index (χ0) is 21.5. The summed E-state index contributed by atoms with van der Waals surface area (Å²) in [4.78, 5) is 15.4. The highest BCUT2D eigenvalue weighted by atomic mass is 35.5. The van der Waals surface area contributed by atoms with Gasteiger partial charge in [-0.15, -0.1) is 0 Å². The van der Waals surface area contributed by atoms with E-state index in [1.165, 1.54) is 5.56 Å². The first-order valence-electron chi connectivity index (χ1n) is 10.9. The molecule has 2 aromatic rings. The molecule has 0 aromatic heterocycles. The van der Waals surface area contributed by atoms with Crippen LogP contribution in [0.15, 0.2) is 48.5 Å². The average Bonchev–Trinajstić information content (AvgIpc) is 2.73. The van der Waals surface area contributed by atoms with E-state index in [1.54, 1.807) is 7.11 Å². The third-order valence-corrected chi connectivity index (χ3v) is 6.03. The van der Waals surface area contributed by atoms with Crippen molar-refractivity contribution in [2.24, 2.45) is 11.8 Å². The fraction of sp³-hybridized carbons (Fsp3) is 0.480. The van der Waals surface area contributed by atoms with Crippen molar-refractivity contribution in [2.45, 2.75) is 45.7 Å². The topological polar surface area (TPSA) is 41.6 Å². The molecule has 5 heteroatoms. The Morgan fingerprint density at radius 2 is 1.87 bits per heavy atom. The number of nitrogens with one attached hydrogen (secondary N) is 1. The van der Waals surface area contributed by atoms with Gasteiger partial charge < -0.3 is 10.1 Å². The molecule has 0 saturated carbocycles. The van der Waals surface area contributed by atoms with Gasteiger partial charge in [-0.2, -0.15) is 0 Å². The lowest BCUT2D eigenvalue weighted by Gasteiger charge is -2.32. The Morgan fingerprint density at radius 3 is 2.47 bits per heavy atom. The lowest BCUT2D eigenvalue weighted by Crippen LogP contribution is -2.41. The molecule has 0 radical (unpaired) electrons. The third kappa shape index (κ3) is 6.48. The summed E-state index contributed by atoms with van der Waals surface area (Å²) in [5.74, 6) is 1.59. The van der Waals surface area contributed by atoms with Gasteiger partial charge in [0.15, 0.2) is 0 Å². The molecule has 1 aliphatic heterocycles. The van der Waals surface area contributed by atoms with Crippen LogP contribution in [0.1, 0.15) is 50.3 Å². The molecule has 0 spiro atoms. The summed E-state index contributed by atoms with van der Waals surface area (Å²) < 4.78 is 5.27. The molecule has 0 aliphatic carbocycles. The molecule has 1 atom stereocenters. The number of carbonyl (C=O) groups is 1. The van der Waals surface area contributed by atoms with Gasteiger partial charge in [0.05, 0.1) is 13.2 Å². The lowest BCUT2D eigenvalue weighted by atomic mass is 9.92. The predicted octanol–water partition coefficient (Wildman–Crippen LogP) is 5.46. The van der Waals surface area contributed by atoms with Crippen molar-refractivity contribution in [3.63, 3.8) is 0 Å². The Balaban J connectivity index is 1.55. The largest absolute Gasteiger partial charge is 0.497 e.